The van der Waals surface area contributed by atoms with Crippen molar-refractivity contribution in [3.63, 3.8) is 0 Å². The molecule has 50 heavy (non-hydrogen) atoms. The number of benzene rings is 1. The topological polar surface area (TPSA) is 109 Å². The van der Waals surface area contributed by atoms with Crippen molar-refractivity contribution in [3.8, 4) is 17.0 Å². The van der Waals surface area contributed by atoms with Gasteiger partial charge in [-0.15, -0.1) is 0 Å². The normalized spacial score (nSPS) is 18.9. The molecule has 5 rings (SSSR count). The second-order valence-electron chi connectivity index (χ2n) is 13.7. The summed E-state index contributed by atoms with van der Waals surface area (Å²) in [6, 6.07) is 8.17. The summed E-state index contributed by atoms with van der Waals surface area (Å²) in [5.74, 6) is -0.207. The van der Waals surface area contributed by atoms with E-state index in [0.717, 1.165) is 23.4 Å². The summed E-state index contributed by atoms with van der Waals surface area (Å²) in [6.45, 7) is 16.1. The van der Waals surface area contributed by atoms with Crippen LogP contribution >= 0.6 is 0 Å². The highest BCUT2D eigenvalue weighted by molar-refractivity contribution is 6.04. The quantitative estimate of drug-likeness (QED) is 0.291. The van der Waals surface area contributed by atoms with Crippen LogP contribution in [0.2, 0.25) is 0 Å². The van der Waals surface area contributed by atoms with Gasteiger partial charge in [0.2, 0.25) is 5.88 Å². The molecule has 4 heterocycles. The minimum Gasteiger partial charge on any atom is -0.475 e. The molecule has 2 aliphatic rings. The number of ether oxygens (including phenoxy) is 3. The number of alkyl halides is 3. The van der Waals surface area contributed by atoms with Gasteiger partial charge in [0.05, 0.1) is 30.7 Å². The average molecular weight is 699 g/mol. The van der Waals surface area contributed by atoms with Gasteiger partial charge in [0, 0.05) is 73.4 Å². The molecule has 2 unspecified atom stereocenters. The number of hydrogen-bond donors (Lipinski definition) is 1. The van der Waals surface area contributed by atoms with Gasteiger partial charge in [-0.2, -0.15) is 13.2 Å². The van der Waals surface area contributed by atoms with Crippen LogP contribution in [0.3, 0.4) is 0 Å². The number of halogens is 3. The van der Waals surface area contributed by atoms with Crippen LogP contribution in [-0.2, 0) is 15.7 Å². The number of carbonyl (C=O) groups excluding carboxylic acids is 2. The third-order valence-electron chi connectivity index (χ3n) is 8.63. The van der Waals surface area contributed by atoms with Gasteiger partial charge in [0.1, 0.15) is 17.9 Å². The third-order valence-corrected chi connectivity index (χ3v) is 8.63. The van der Waals surface area contributed by atoms with Crippen molar-refractivity contribution in [1.82, 2.24) is 19.8 Å². The van der Waals surface area contributed by atoms with E-state index in [9.17, 15) is 22.8 Å². The van der Waals surface area contributed by atoms with Crippen molar-refractivity contribution in [2.75, 3.05) is 62.8 Å². The Bertz CT molecular complexity index is 1660. The number of nitrogens with one attached hydrogen (secondary N) is 1. The molecule has 0 saturated carbocycles. The van der Waals surface area contributed by atoms with E-state index in [2.05, 4.69) is 33.9 Å². The fourth-order valence-corrected chi connectivity index (χ4v) is 6.18. The maximum Gasteiger partial charge on any atom is 0.416 e. The number of piperazine rings is 1. The first-order chi connectivity index (χ1) is 23.6. The van der Waals surface area contributed by atoms with E-state index < -0.39 is 23.2 Å². The Hall–Kier alpha value is -4.43. The maximum absolute atomic E-state index is 13.2. The van der Waals surface area contributed by atoms with Gasteiger partial charge in [-0.3, -0.25) is 14.7 Å². The lowest BCUT2D eigenvalue weighted by atomic mass is 10.0. The number of nitrogens with zero attached hydrogens (tertiary/aromatic N) is 5. The SMILES string of the molecule is Cc1ncc(NC(=O)c2cccc(C(F)(F)F)c2)cc1-c1cnc(OCCN2C(C)CN(C(=O)OC(C)(C)C)CC2C)c(N2CCOCC2)c1. The standard InChI is InChI=1S/C36H45F3N6O5/c1-23-21-44(34(47)50-35(4,5)6)22-24(2)45(23)12-15-49-33-31(43-10-13-48-14-11-43)17-27(19-41-33)30-18-29(20-40-25(30)3)42-32(46)26-8-7-9-28(16-26)36(37,38)39/h7-9,16-20,23-24H,10-15,21-22H2,1-6H3,(H,42,46). The number of aryl methyl sites for hydroxylation is 1. The fourth-order valence-electron chi connectivity index (χ4n) is 6.18. The van der Waals surface area contributed by atoms with E-state index >= 15 is 0 Å². The van der Waals surface area contributed by atoms with E-state index in [1.807, 2.05) is 33.8 Å². The molecule has 2 aromatic heterocycles. The lowest BCUT2D eigenvalue weighted by Gasteiger charge is -2.44. The van der Waals surface area contributed by atoms with E-state index in [1.54, 1.807) is 17.2 Å². The highest BCUT2D eigenvalue weighted by atomic mass is 19.4. The molecule has 1 N–H and O–H groups in total. The van der Waals surface area contributed by atoms with Crippen LogP contribution in [0.5, 0.6) is 5.88 Å². The van der Waals surface area contributed by atoms with Gasteiger partial charge in [0.15, 0.2) is 0 Å². The molecular weight excluding hydrogens is 653 g/mol. The summed E-state index contributed by atoms with van der Waals surface area (Å²) in [5.41, 5.74) is 1.66. The molecule has 2 aliphatic heterocycles. The summed E-state index contributed by atoms with van der Waals surface area (Å²) < 4.78 is 57.1. The Labute approximate surface area is 290 Å². The molecule has 0 spiro atoms. The van der Waals surface area contributed by atoms with Crippen molar-refractivity contribution in [3.05, 3.63) is 65.6 Å². The number of rotatable bonds is 8. The second-order valence-corrected chi connectivity index (χ2v) is 13.7. The molecule has 2 amide bonds. The first-order valence-electron chi connectivity index (χ1n) is 16.7. The van der Waals surface area contributed by atoms with Crippen LogP contribution in [0.1, 0.15) is 56.2 Å². The molecule has 14 heteroatoms. The van der Waals surface area contributed by atoms with Crippen molar-refractivity contribution in [2.45, 2.75) is 65.4 Å². The van der Waals surface area contributed by atoms with E-state index in [4.69, 9.17) is 19.2 Å². The maximum atomic E-state index is 13.2. The number of hydrogen-bond acceptors (Lipinski definition) is 9. The fraction of sp³-hybridized carbons (Fsp3) is 0.500. The van der Waals surface area contributed by atoms with Crippen LogP contribution in [0.4, 0.5) is 29.3 Å². The molecule has 2 atom stereocenters. The predicted octanol–water partition coefficient (Wildman–Crippen LogP) is 6.27. The molecule has 3 aromatic rings. The molecule has 1 aromatic carbocycles. The number of carbonyl (C=O) groups is 2. The molecule has 0 bridgehead atoms. The van der Waals surface area contributed by atoms with E-state index in [1.165, 1.54) is 18.3 Å². The lowest BCUT2D eigenvalue weighted by molar-refractivity contribution is -0.137. The Morgan fingerprint density at radius 2 is 1.70 bits per heavy atom. The summed E-state index contributed by atoms with van der Waals surface area (Å²) in [4.78, 5) is 41.0. The molecule has 2 fully saturated rings. The number of amides is 2. The van der Waals surface area contributed by atoms with Crippen LogP contribution in [0.15, 0.2) is 48.8 Å². The zero-order valence-electron chi connectivity index (χ0n) is 29.3. The highest BCUT2D eigenvalue weighted by Gasteiger charge is 2.34. The van der Waals surface area contributed by atoms with Crippen LogP contribution < -0.4 is 15.0 Å². The summed E-state index contributed by atoms with van der Waals surface area (Å²) in [7, 11) is 0. The largest absolute Gasteiger partial charge is 0.475 e. The number of anilines is 2. The monoisotopic (exact) mass is 698 g/mol. The molecule has 0 radical (unpaired) electrons. The Kier molecular flexibility index (Phi) is 11.2. The van der Waals surface area contributed by atoms with Crippen LogP contribution in [0, 0.1) is 6.92 Å². The van der Waals surface area contributed by atoms with Crippen LogP contribution in [0.25, 0.3) is 11.1 Å². The Morgan fingerprint density at radius 1 is 1.00 bits per heavy atom. The van der Waals surface area contributed by atoms with E-state index in [-0.39, 0.29) is 23.7 Å². The summed E-state index contributed by atoms with van der Waals surface area (Å²) >= 11 is 0. The second kappa shape index (κ2) is 15.2. The van der Waals surface area contributed by atoms with Gasteiger partial charge < -0.3 is 29.3 Å². The first-order valence-corrected chi connectivity index (χ1v) is 16.7. The smallest absolute Gasteiger partial charge is 0.416 e. The minimum atomic E-state index is -4.56. The van der Waals surface area contributed by atoms with Gasteiger partial charge in [-0.25, -0.2) is 9.78 Å². The average Bonchev–Trinajstić information content (AvgIpc) is 3.06. The van der Waals surface area contributed by atoms with Crippen molar-refractivity contribution in [2.24, 2.45) is 0 Å². The molecule has 0 aliphatic carbocycles. The van der Waals surface area contributed by atoms with Crippen molar-refractivity contribution >= 4 is 23.4 Å². The number of aromatic nitrogens is 2. The molecule has 11 nitrogen and oxygen atoms in total. The van der Waals surface area contributed by atoms with Gasteiger partial charge in [-0.05, 0) is 71.9 Å². The zero-order valence-corrected chi connectivity index (χ0v) is 29.3. The van der Waals surface area contributed by atoms with Crippen molar-refractivity contribution in [1.29, 1.82) is 0 Å². The lowest BCUT2D eigenvalue weighted by Crippen LogP contribution is -2.59. The number of morpholine rings is 1. The minimum absolute atomic E-state index is 0.0979. The zero-order chi connectivity index (χ0) is 36.2. The van der Waals surface area contributed by atoms with Crippen LogP contribution in [-0.4, -0.2) is 102 Å². The molecule has 2 saturated heterocycles. The molecule has 270 valence electrons. The first kappa shape index (κ1) is 36.8. The van der Waals surface area contributed by atoms with Gasteiger partial charge in [0.25, 0.3) is 5.91 Å². The third kappa shape index (κ3) is 9.21. The molecular formula is C36H45F3N6O5. The van der Waals surface area contributed by atoms with Gasteiger partial charge >= 0.3 is 12.3 Å². The van der Waals surface area contributed by atoms with Gasteiger partial charge in [-0.1, -0.05) is 6.07 Å². The highest BCUT2D eigenvalue weighted by Crippen LogP contribution is 2.34. The summed E-state index contributed by atoms with van der Waals surface area (Å²) in [6.07, 6.45) is -1.72. The Morgan fingerprint density at radius 3 is 2.36 bits per heavy atom. The Balaban J connectivity index is 1.30. The van der Waals surface area contributed by atoms with E-state index in [0.29, 0.717) is 75.4 Å². The predicted molar refractivity (Wildman–Crippen MR) is 184 cm³/mol. The number of pyridine rings is 2. The summed E-state index contributed by atoms with van der Waals surface area (Å²) in [5, 5.41) is 2.67. The van der Waals surface area contributed by atoms with Crippen molar-refractivity contribution < 1.29 is 37.0 Å².